The summed E-state index contributed by atoms with van der Waals surface area (Å²) in [5.41, 5.74) is 1.64. The zero-order valence-corrected chi connectivity index (χ0v) is 14.0. The summed E-state index contributed by atoms with van der Waals surface area (Å²) >= 11 is 0. The van der Waals surface area contributed by atoms with E-state index in [4.69, 9.17) is 4.42 Å². The Balaban J connectivity index is 1.69. The van der Waals surface area contributed by atoms with E-state index >= 15 is 0 Å². The lowest BCUT2D eigenvalue weighted by Gasteiger charge is -2.13. The molecular formula is C18H23N3O2. The average molecular weight is 313 g/mol. The minimum atomic E-state index is 0.0915. The van der Waals surface area contributed by atoms with E-state index in [0.29, 0.717) is 28.9 Å². The minimum absolute atomic E-state index is 0.0915. The molecule has 2 aromatic rings. The van der Waals surface area contributed by atoms with Crippen LogP contribution in [0.15, 0.2) is 10.7 Å². The number of Topliss-reactive ketones (excluding diaryl/α,β-unsaturated/α-hetero) is 1. The number of aryl methyl sites for hydroxylation is 1. The van der Waals surface area contributed by atoms with Crippen LogP contribution in [0.4, 0.5) is 5.82 Å². The van der Waals surface area contributed by atoms with Gasteiger partial charge in [0.2, 0.25) is 5.71 Å². The van der Waals surface area contributed by atoms with Gasteiger partial charge in [0.25, 0.3) is 0 Å². The normalized spacial score (nSPS) is 20.5. The number of rotatable bonds is 6. The Hall–Kier alpha value is -1.91. The van der Waals surface area contributed by atoms with Crippen molar-refractivity contribution >= 4 is 22.7 Å². The topological polar surface area (TPSA) is 68.0 Å². The number of nitrogens with one attached hydrogen (secondary N) is 1. The van der Waals surface area contributed by atoms with Gasteiger partial charge in [-0.1, -0.05) is 6.92 Å². The van der Waals surface area contributed by atoms with Gasteiger partial charge in [0.1, 0.15) is 17.9 Å². The van der Waals surface area contributed by atoms with Crippen LogP contribution in [0.5, 0.6) is 0 Å². The number of hydrogen-bond donors (Lipinski definition) is 1. The summed E-state index contributed by atoms with van der Waals surface area (Å²) in [6, 6.07) is 0. The van der Waals surface area contributed by atoms with Crippen molar-refractivity contribution in [3.63, 3.8) is 0 Å². The summed E-state index contributed by atoms with van der Waals surface area (Å²) in [6.07, 6.45) is 7.73. The molecular weight excluding hydrogens is 290 g/mol. The predicted octanol–water partition coefficient (Wildman–Crippen LogP) is 4.26. The fraction of sp³-hybridized carbons (Fsp3) is 0.611. The number of anilines is 1. The summed E-state index contributed by atoms with van der Waals surface area (Å²) in [5, 5.41) is 4.22. The van der Waals surface area contributed by atoms with Crippen molar-refractivity contribution in [2.75, 3.05) is 5.32 Å². The van der Waals surface area contributed by atoms with Crippen LogP contribution in [-0.4, -0.2) is 21.3 Å². The van der Waals surface area contributed by atoms with E-state index < -0.39 is 0 Å². The minimum Gasteiger partial charge on any atom is -0.442 e. The van der Waals surface area contributed by atoms with E-state index in [1.807, 2.05) is 6.92 Å². The lowest BCUT2D eigenvalue weighted by Crippen LogP contribution is -2.17. The number of ketones is 1. The standard InChI is InChI=1S/C18H23N3O2/c1-11-13(12(22)4-5-17(2)6-7-17)14-15(21-18(3)8-9-18)19-10-20-16(14)23-11/h10H,4-9H2,1-3H3,(H,19,20,21). The fourth-order valence-corrected chi connectivity index (χ4v) is 3.08. The molecule has 0 unspecified atom stereocenters. The molecule has 23 heavy (non-hydrogen) atoms. The van der Waals surface area contributed by atoms with Crippen molar-refractivity contribution in [3.05, 3.63) is 17.7 Å². The van der Waals surface area contributed by atoms with Gasteiger partial charge in [-0.2, -0.15) is 0 Å². The summed E-state index contributed by atoms with van der Waals surface area (Å²) in [6.45, 7) is 6.27. The van der Waals surface area contributed by atoms with Crippen molar-refractivity contribution in [2.45, 2.75) is 64.8 Å². The molecule has 5 heteroatoms. The van der Waals surface area contributed by atoms with E-state index in [1.165, 1.54) is 19.2 Å². The van der Waals surface area contributed by atoms with Gasteiger partial charge in [0.05, 0.1) is 10.9 Å². The van der Waals surface area contributed by atoms with E-state index in [9.17, 15) is 4.79 Å². The van der Waals surface area contributed by atoms with Crippen LogP contribution in [0.2, 0.25) is 0 Å². The van der Waals surface area contributed by atoms with Gasteiger partial charge in [-0.25, -0.2) is 9.97 Å². The van der Waals surface area contributed by atoms with Crippen LogP contribution in [-0.2, 0) is 0 Å². The maximum absolute atomic E-state index is 12.8. The Morgan fingerprint density at radius 2 is 2.00 bits per heavy atom. The Labute approximate surface area is 135 Å². The second-order valence-electron chi connectivity index (χ2n) is 7.86. The molecule has 2 fully saturated rings. The first-order valence-electron chi connectivity index (χ1n) is 8.45. The molecule has 2 aliphatic carbocycles. The van der Waals surface area contributed by atoms with Crippen LogP contribution in [0, 0.1) is 12.3 Å². The third-order valence-electron chi connectivity index (χ3n) is 5.42. The first-order valence-corrected chi connectivity index (χ1v) is 8.45. The molecule has 2 aliphatic rings. The van der Waals surface area contributed by atoms with Gasteiger partial charge >= 0.3 is 0 Å². The molecule has 0 aliphatic heterocycles. The van der Waals surface area contributed by atoms with Crippen LogP contribution >= 0.6 is 0 Å². The molecule has 0 spiro atoms. The number of aromatic nitrogens is 2. The number of carbonyl (C=O) groups excluding carboxylic acids is 1. The Bertz CT molecular complexity index is 785. The molecule has 2 aromatic heterocycles. The zero-order valence-electron chi connectivity index (χ0n) is 14.0. The summed E-state index contributed by atoms with van der Waals surface area (Å²) in [7, 11) is 0. The fourth-order valence-electron chi connectivity index (χ4n) is 3.08. The number of carbonyl (C=O) groups is 1. The first kappa shape index (κ1) is 14.7. The van der Waals surface area contributed by atoms with Gasteiger partial charge in [-0.15, -0.1) is 0 Å². The molecule has 1 N–H and O–H groups in total. The molecule has 122 valence electrons. The molecule has 0 saturated heterocycles. The molecule has 5 nitrogen and oxygen atoms in total. The highest BCUT2D eigenvalue weighted by Gasteiger charge is 2.39. The summed E-state index contributed by atoms with van der Waals surface area (Å²) in [4.78, 5) is 21.4. The average Bonchev–Trinajstić information content (AvgIpc) is 3.38. The van der Waals surface area contributed by atoms with E-state index in [0.717, 1.165) is 30.5 Å². The molecule has 2 saturated carbocycles. The highest BCUT2D eigenvalue weighted by Crippen LogP contribution is 2.49. The Morgan fingerprint density at radius 3 is 2.65 bits per heavy atom. The molecule has 4 rings (SSSR count). The van der Waals surface area contributed by atoms with Crippen molar-refractivity contribution in [3.8, 4) is 0 Å². The van der Waals surface area contributed by atoms with Crippen molar-refractivity contribution in [1.29, 1.82) is 0 Å². The maximum atomic E-state index is 12.8. The second kappa shape index (κ2) is 4.79. The third-order valence-corrected chi connectivity index (χ3v) is 5.42. The number of nitrogens with zero attached hydrogens (tertiary/aromatic N) is 2. The van der Waals surface area contributed by atoms with Gasteiger partial charge in [-0.3, -0.25) is 4.79 Å². The molecule has 0 amide bonds. The van der Waals surface area contributed by atoms with Gasteiger partial charge in [-0.05, 0) is 51.4 Å². The van der Waals surface area contributed by atoms with Crippen LogP contribution in [0.1, 0.15) is 68.5 Å². The third kappa shape index (κ3) is 2.73. The van der Waals surface area contributed by atoms with Crippen LogP contribution in [0.3, 0.4) is 0 Å². The Kier molecular flexibility index (Phi) is 3.06. The molecule has 0 atom stereocenters. The smallest absolute Gasteiger partial charge is 0.232 e. The molecule has 0 radical (unpaired) electrons. The first-order chi connectivity index (χ1) is 10.9. The highest BCUT2D eigenvalue weighted by molar-refractivity contribution is 6.11. The second-order valence-corrected chi connectivity index (χ2v) is 7.86. The van der Waals surface area contributed by atoms with Crippen LogP contribution in [0.25, 0.3) is 11.1 Å². The van der Waals surface area contributed by atoms with Crippen molar-refractivity contribution < 1.29 is 9.21 Å². The van der Waals surface area contributed by atoms with Gasteiger partial charge in [0, 0.05) is 12.0 Å². The lowest BCUT2D eigenvalue weighted by molar-refractivity contribution is 0.0972. The zero-order chi connectivity index (χ0) is 16.2. The van der Waals surface area contributed by atoms with Crippen molar-refractivity contribution in [2.24, 2.45) is 5.41 Å². The van der Waals surface area contributed by atoms with E-state index in [-0.39, 0.29) is 11.3 Å². The predicted molar refractivity (Wildman–Crippen MR) is 88.7 cm³/mol. The maximum Gasteiger partial charge on any atom is 0.232 e. The summed E-state index contributed by atoms with van der Waals surface area (Å²) in [5.74, 6) is 1.52. The molecule has 0 bridgehead atoms. The lowest BCUT2D eigenvalue weighted by atomic mass is 9.97. The van der Waals surface area contributed by atoms with Gasteiger partial charge in [0.15, 0.2) is 5.78 Å². The number of hydrogen-bond acceptors (Lipinski definition) is 5. The quantitative estimate of drug-likeness (QED) is 0.807. The summed E-state index contributed by atoms with van der Waals surface area (Å²) < 4.78 is 5.73. The number of fused-ring (bicyclic) bond motifs is 1. The van der Waals surface area contributed by atoms with E-state index in [2.05, 4.69) is 29.1 Å². The van der Waals surface area contributed by atoms with Crippen molar-refractivity contribution in [1.82, 2.24) is 9.97 Å². The monoisotopic (exact) mass is 313 g/mol. The largest absolute Gasteiger partial charge is 0.442 e. The SMILES string of the molecule is Cc1oc2ncnc(NC3(C)CC3)c2c1C(=O)CCC1(C)CC1. The Morgan fingerprint density at radius 1 is 1.26 bits per heavy atom. The molecule has 0 aromatic carbocycles. The molecule has 2 heterocycles. The van der Waals surface area contributed by atoms with Gasteiger partial charge < -0.3 is 9.73 Å². The van der Waals surface area contributed by atoms with Crippen LogP contribution < -0.4 is 5.32 Å². The van der Waals surface area contributed by atoms with E-state index in [1.54, 1.807) is 0 Å². The highest BCUT2D eigenvalue weighted by atomic mass is 16.3. The number of furan rings is 1.